The van der Waals surface area contributed by atoms with Gasteiger partial charge in [0.25, 0.3) is 0 Å². The Morgan fingerprint density at radius 2 is 1.89 bits per heavy atom. The fraction of sp³-hybridized carbons (Fsp3) is 1.00. The second kappa shape index (κ2) is 8.89. The molecule has 3 nitrogen and oxygen atoms in total. The summed E-state index contributed by atoms with van der Waals surface area (Å²) in [4.78, 5) is 2.39. The molecule has 0 aromatic carbocycles. The number of unbranched alkanes of at least 4 members (excludes halogenated alkanes) is 1. The van der Waals surface area contributed by atoms with Crippen molar-refractivity contribution in [3.8, 4) is 0 Å². The molecule has 108 valence electrons. The minimum atomic E-state index is -0.120. The Morgan fingerprint density at radius 1 is 1.17 bits per heavy atom. The molecule has 18 heavy (non-hydrogen) atoms. The van der Waals surface area contributed by atoms with Crippen molar-refractivity contribution in [2.75, 3.05) is 20.1 Å². The highest BCUT2D eigenvalue weighted by molar-refractivity contribution is 4.78. The monoisotopic (exact) mass is 256 g/mol. The van der Waals surface area contributed by atoms with Crippen LogP contribution in [-0.2, 0) is 0 Å². The van der Waals surface area contributed by atoms with Crippen LogP contribution in [0, 0.1) is 0 Å². The van der Waals surface area contributed by atoms with E-state index in [9.17, 15) is 5.11 Å². The molecule has 0 amide bonds. The normalized spacial score (nSPS) is 25.7. The van der Waals surface area contributed by atoms with E-state index in [4.69, 9.17) is 0 Å². The highest BCUT2D eigenvalue weighted by atomic mass is 16.3. The summed E-state index contributed by atoms with van der Waals surface area (Å²) < 4.78 is 0. The molecule has 0 aromatic rings. The lowest BCUT2D eigenvalue weighted by Gasteiger charge is -2.23. The van der Waals surface area contributed by atoms with Gasteiger partial charge in [-0.05, 0) is 59.7 Å². The summed E-state index contributed by atoms with van der Waals surface area (Å²) in [5.74, 6) is 0. The molecule has 1 aliphatic carbocycles. The van der Waals surface area contributed by atoms with Crippen LogP contribution in [0.25, 0.3) is 0 Å². The van der Waals surface area contributed by atoms with Gasteiger partial charge in [-0.3, -0.25) is 0 Å². The number of hydrogen-bond donors (Lipinski definition) is 2. The summed E-state index contributed by atoms with van der Waals surface area (Å²) >= 11 is 0. The summed E-state index contributed by atoms with van der Waals surface area (Å²) in [5, 5.41) is 13.5. The van der Waals surface area contributed by atoms with Crippen LogP contribution < -0.4 is 5.32 Å². The van der Waals surface area contributed by atoms with Crippen molar-refractivity contribution in [2.45, 2.75) is 77.0 Å². The van der Waals surface area contributed by atoms with Gasteiger partial charge in [-0.2, -0.15) is 0 Å². The Morgan fingerprint density at radius 3 is 2.61 bits per heavy atom. The van der Waals surface area contributed by atoms with Gasteiger partial charge in [0.2, 0.25) is 0 Å². The van der Waals surface area contributed by atoms with E-state index < -0.39 is 0 Å². The zero-order valence-corrected chi connectivity index (χ0v) is 12.5. The van der Waals surface area contributed by atoms with Crippen LogP contribution in [0.3, 0.4) is 0 Å². The van der Waals surface area contributed by atoms with E-state index in [1.54, 1.807) is 0 Å². The number of hydrogen-bond acceptors (Lipinski definition) is 3. The fourth-order valence-corrected chi connectivity index (χ4v) is 2.56. The molecule has 2 unspecified atom stereocenters. The zero-order valence-electron chi connectivity index (χ0n) is 12.5. The number of nitrogens with zero attached hydrogens (tertiary/aromatic N) is 1. The molecule has 1 saturated carbocycles. The Bertz CT molecular complexity index is 209. The van der Waals surface area contributed by atoms with Crippen molar-refractivity contribution < 1.29 is 5.11 Å². The topological polar surface area (TPSA) is 35.5 Å². The first kappa shape index (κ1) is 15.9. The van der Waals surface area contributed by atoms with Gasteiger partial charge in [-0.1, -0.05) is 19.3 Å². The Labute approximate surface area is 113 Å². The van der Waals surface area contributed by atoms with E-state index in [-0.39, 0.29) is 6.10 Å². The lowest BCUT2D eigenvalue weighted by Crippen LogP contribution is -2.39. The summed E-state index contributed by atoms with van der Waals surface area (Å²) in [5.41, 5.74) is 0. The van der Waals surface area contributed by atoms with Gasteiger partial charge in [-0.25, -0.2) is 0 Å². The molecule has 0 heterocycles. The molecule has 0 aromatic heterocycles. The highest BCUT2D eigenvalue weighted by Crippen LogP contribution is 2.17. The van der Waals surface area contributed by atoms with Crippen molar-refractivity contribution in [1.82, 2.24) is 10.2 Å². The van der Waals surface area contributed by atoms with Crippen molar-refractivity contribution >= 4 is 0 Å². The molecule has 0 aliphatic heterocycles. The average molecular weight is 256 g/mol. The molecule has 0 radical (unpaired) electrons. The zero-order chi connectivity index (χ0) is 13.4. The third-order valence-electron chi connectivity index (χ3n) is 4.21. The predicted molar refractivity (Wildman–Crippen MR) is 77.9 cm³/mol. The fourth-order valence-electron chi connectivity index (χ4n) is 2.56. The molecule has 1 fully saturated rings. The maximum absolute atomic E-state index is 10.00. The first-order valence-electron chi connectivity index (χ1n) is 7.73. The molecule has 3 heteroatoms. The second-order valence-corrected chi connectivity index (χ2v) is 6.05. The highest BCUT2D eigenvalue weighted by Gasteiger charge is 2.20. The molecule has 0 saturated heterocycles. The lowest BCUT2D eigenvalue weighted by molar-refractivity contribution is 0.120. The molecular formula is C15H32N2O. The molecule has 1 aliphatic rings. The quantitative estimate of drug-likeness (QED) is 0.542. The van der Waals surface area contributed by atoms with Gasteiger partial charge in [0, 0.05) is 12.1 Å². The third kappa shape index (κ3) is 6.17. The maximum atomic E-state index is 10.00. The van der Waals surface area contributed by atoms with Crippen LogP contribution in [0.15, 0.2) is 0 Å². The van der Waals surface area contributed by atoms with E-state index in [0.717, 1.165) is 19.4 Å². The van der Waals surface area contributed by atoms with Crippen molar-refractivity contribution in [3.63, 3.8) is 0 Å². The van der Waals surface area contributed by atoms with Gasteiger partial charge in [0.15, 0.2) is 0 Å². The van der Waals surface area contributed by atoms with Gasteiger partial charge in [-0.15, -0.1) is 0 Å². The Balaban J connectivity index is 2.06. The van der Waals surface area contributed by atoms with E-state index in [1.807, 2.05) is 0 Å². The summed E-state index contributed by atoms with van der Waals surface area (Å²) in [6.07, 6.45) is 8.20. The van der Waals surface area contributed by atoms with E-state index >= 15 is 0 Å². The van der Waals surface area contributed by atoms with Crippen LogP contribution in [-0.4, -0.2) is 48.3 Å². The molecule has 1 rings (SSSR count). The Kier molecular flexibility index (Phi) is 7.87. The lowest BCUT2D eigenvalue weighted by atomic mass is 10.1. The average Bonchev–Trinajstić information content (AvgIpc) is 2.53. The minimum absolute atomic E-state index is 0.120. The van der Waals surface area contributed by atoms with E-state index in [1.165, 1.54) is 38.6 Å². The Hall–Kier alpha value is -0.120. The molecular weight excluding hydrogens is 224 g/mol. The predicted octanol–water partition coefficient (Wildman–Crippen LogP) is 2.39. The van der Waals surface area contributed by atoms with Crippen molar-refractivity contribution in [2.24, 2.45) is 0 Å². The molecule has 2 N–H and O–H groups in total. The number of aliphatic hydroxyl groups is 1. The van der Waals surface area contributed by atoms with Crippen molar-refractivity contribution in [3.05, 3.63) is 0 Å². The number of rotatable bonds is 7. The summed E-state index contributed by atoms with van der Waals surface area (Å²) in [6.45, 7) is 6.69. The van der Waals surface area contributed by atoms with Gasteiger partial charge >= 0.3 is 0 Å². The summed E-state index contributed by atoms with van der Waals surface area (Å²) in [6, 6.07) is 0.983. The number of nitrogens with one attached hydrogen (secondary N) is 1. The smallest absolute Gasteiger partial charge is 0.0693 e. The van der Waals surface area contributed by atoms with E-state index in [2.05, 4.69) is 31.1 Å². The first-order chi connectivity index (χ1) is 8.61. The first-order valence-corrected chi connectivity index (χ1v) is 7.73. The van der Waals surface area contributed by atoms with Crippen LogP contribution in [0.5, 0.6) is 0 Å². The van der Waals surface area contributed by atoms with Gasteiger partial charge in [0.05, 0.1) is 6.10 Å². The molecule has 0 spiro atoms. The SMILES string of the molecule is CC(C)N(C)CCCCNC1CCCCCC1O. The van der Waals surface area contributed by atoms with Crippen LogP contribution in [0.4, 0.5) is 0 Å². The standard InChI is InChI=1S/C15H32N2O/c1-13(2)17(3)12-8-7-11-16-14-9-5-4-6-10-15(14)18/h13-16,18H,4-12H2,1-3H3. The molecule has 2 atom stereocenters. The third-order valence-corrected chi connectivity index (χ3v) is 4.21. The van der Waals surface area contributed by atoms with Gasteiger partial charge in [0.1, 0.15) is 0 Å². The van der Waals surface area contributed by atoms with Crippen LogP contribution in [0.2, 0.25) is 0 Å². The minimum Gasteiger partial charge on any atom is -0.392 e. The van der Waals surface area contributed by atoms with Crippen LogP contribution >= 0.6 is 0 Å². The van der Waals surface area contributed by atoms with Gasteiger partial charge < -0.3 is 15.3 Å². The largest absolute Gasteiger partial charge is 0.392 e. The van der Waals surface area contributed by atoms with Crippen LogP contribution in [0.1, 0.15) is 58.8 Å². The second-order valence-electron chi connectivity index (χ2n) is 6.05. The summed E-state index contributed by atoms with van der Waals surface area (Å²) in [7, 11) is 2.19. The maximum Gasteiger partial charge on any atom is 0.0693 e. The van der Waals surface area contributed by atoms with Crippen molar-refractivity contribution in [1.29, 1.82) is 0 Å². The van der Waals surface area contributed by atoms with E-state index in [0.29, 0.717) is 12.1 Å². The number of aliphatic hydroxyl groups excluding tert-OH is 1. The molecule has 0 bridgehead atoms.